The Labute approximate surface area is 133 Å². The molecule has 0 aromatic heterocycles. The van der Waals surface area contributed by atoms with Crippen LogP contribution in [0.5, 0.6) is 5.75 Å². The molecule has 1 aromatic carbocycles. The maximum absolute atomic E-state index is 10.6. The maximum Gasteiger partial charge on any atom is 0.115 e. The van der Waals surface area contributed by atoms with E-state index < -0.39 is 0 Å². The molecule has 0 aliphatic heterocycles. The molecule has 22 heavy (non-hydrogen) atoms. The van der Waals surface area contributed by atoms with Crippen molar-refractivity contribution in [3.8, 4) is 5.75 Å². The number of aliphatic hydroxyl groups is 1. The van der Waals surface area contributed by atoms with Gasteiger partial charge in [-0.2, -0.15) is 0 Å². The largest absolute Gasteiger partial charge is 0.508 e. The highest BCUT2D eigenvalue weighted by atomic mass is 16.3. The lowest BCUT2D eigenvalue weighted by molar-refractivity contribution is -0.0487. The zero-order valence-corrected chi connectivity index (χ0v) is 13.8. The highest BCUT2D eigenvalue weighted by molar-refractivity contribution is 5.40. The SMILES string of the molecule is CC[C@@H]1C[C@]2(C)[C@@H](O)CC[C@H]2[C@H]2CCc3cc(O)ccc3[C@@H]12. The number of phenolic OH excluding ortho intramolecular Hbond substituents is 1. The van der Waals surface area contributed by atoms with Gasteiger partial charge in [0.1, 0.15) is 5.75 Å². The van der Waals surface area contributed by atoms with Crippen LogP contribution in [0, 0.1) is 23.2 Å². The molecule has 2 heteroatoms. The van der Waals surface area contributed by atoms with Gasteiger partial charge in [0, 0.05) is 0 Å². The smallest absolute Gasteiger partial charge is 0.115 e. The fourth-order valence-corrected chi connectivity index (χ4v) is 6.25. The van der Waals surface area contributed by atoms with Crippen molar-refractivity contribution in [3.63, 3.8) is 0 Å². The summed E-state index contributed by atoms with van der Waals surface area (Å²) in [5.74, 6) is 3.11. The fourth-order valence-electron chi connectivity index (χ4n) is 6.25. The standard InChI is InChI=1S/C20H28O2/c1-3-12-11-20(2)17(8-9-18(20)22)16-6-4-13-10-14(21)5-7-15(13)19(12)16/h5,7,10,12,16-19,21-22H,3-4,6,8-9,11H2,1-2H3/t12-,16-,17+,18+,19-,20+/m1/s1. The van der Waals surface area contributed by atoms with Crippen LogP contribution in [-0.2, 0) is 6.42 Å². The van der Waals surface area contributed by atoms with E-state index in [4.69, 9.17) is 0 Å². The lowest BCUT2D eigenvalue weighted by Crippen LogP contribution is -2.47. The Morgan fingerprint density at radius 2 is 2.05 bits per heavy atom. The van der Waals surface area contributed by atoms with Gasteiger partial charge in [0.25, 0.3) is 0 Å². The Morgan fingerprint density at radius 1 is 1.23 bits per heavy atom. The fraction of sp³-hybridized carbons (Fsp3) is 0.700. The number of aryl methyl sites for hydroxylation is 1. The average Bonchev–Trinajstić information content (AvgIpc) is 2.81. The van der Waals surface area contributed by atoms with Crippen LogP contribution in [-0.4, -0.2) is 16.3 Å². The first-order valence-corrected chi connectivity index (χ1v) is 9.04. The molecular formula is C20H28O2. The van der Waals surface area contributed by atoms with Crippen molar-refractivity contribution < 1.29 is 10.2 Å². The predicted octanol–water partition coefficient (Wildman–Crippen LogP) is 4.25. The number of hydrogen-bond acceptors (Lipinski definition) is 2. The molecule has 0 saturated heterocycles. The number of phenols is 1. The van der Waals surface area contributed by atoms with E-state index in [0.29, 0.717) is 23.5 Å². The van der Waals surface area contributed by atoms with Crippen LogP contribution in [0.15, 0.2) is 18.2 Å². The van der Waals surface area contributed by atoms with Crippen LogP contribution in [0.2, 0.25) is 0 Å². The van der Waals surface area contributed by atoms with Gasteiger partial charge in [-0.1, -0.05) is 26.3 Å². The first-order valence-electron chi connectivity index (χ1n) is 9.04. The second-order valence-electron chi connectivity index (χ2n) is 8.19. The predicted molar refractivity (Wildman–Crippen MR) is 87.9 cm³/mol. The molecule has 120 valence electrons. The van der Waals surface area contributed by atoms with E-state index in [1.165, 1.54) is 30.4 Å². The van der Waals surface area contributed by atoms with Crippen LogP contribution in [0.25, 0.3) is 0 Å². The van der Waals surface area contributed by atoms with E-state index in [-0.39, 0.29) is 11.5 Å². The van der Waals surface area contributed by atoms with Gasteiger partial charge in [-0.05, 0) is 84.5 Å². The van der Waals surface area contributed by atoms with Crippen molar-refractivity contribution >= 4 is 0 Å². The van der Waals surface area contributed by atoms with Crippen LogP contribution < -0.4 is 0 Å². The Bertz CT molecular complexity index is 581. The van der Waals surface area contributed by atoms with E-state index >= 15 is 0 Å². The molecule has 0 heterocycles. The van der Waals surface area contributed by atoms with Gasteiger partial charge in [0.2, 0.25) is 0 Å². The molecule has 0 radical (unpaired) electrons. The van der Waals surface area contributed by atoms with Gasteiger partial charge in [0.05, 0.1) is 6.10 Å². The molecular weight excluding hydrogens is 272 g/mol. The van der Waals surface area contributed by atoms with Crippen molar-refractivity contribution in [2.45, 2.75) is 64.4 Å². The van der Waals surface area contributed by atoms with E-state index in [1.54, 1.807) is 0 Å². The van der Waals surface area contributed by atoms with Crippen molar-refractivity contribution in [3.05, 3.63) is 29.3 Å². The topological polar surface area (TPSA) is 40.5 Å². The molecule has 3 aliphatic carbocycles. The van der Waals surface area contributed by atoms with Crippen LogP contribution in [0.4, 0.5) is 0 Å². The number of benzene rings is 1. The molecule has 0 amide bonds. The molecule has 4 rings (SSSR count). The summed E-state index contributed by atoms with van der Waals surface area (Å²) in [4.78, 5) is 0. The minimum absolute atomic E-state index is 0.103. The summed E-state index contributed by atoms with van der Waals surface area (Å²) in [5, 5.41) is 20.4. The number of aromatic hydroxyl groups is 1. The van der Waals surface area contributed by atoms with Crippen LogP contribution >= 0.6 is 0 Å². The second-order valence-corrected chi connectivity index (χ2v) is 8.19. The quantitative estimate of drug-likeness (QED) is 0.814. The summed E-state index contributed by atoms with van der Waals surface area (Å²) in [5.41, 5.74) is 2.99. The Hall–Kier alpha value is -1.02. The molecule has 2 N–H and O–H groups in total. The highest BCUT2D eigenvalue weighted by Gasteiger charge is 2.57. The number of fused-ring (bicyclic) bond motifs is 5. The summed E-state index contributed by atoms with van der Waals surface area (Å²) in [6.07, 6.45) is 6.75. The van der Waals surface area contributed by atoms with Crippen molar-refractivity contribution in [1.29, 1.82) is 0 Å². The van der Waals surface area contributed by atoms with E-state index in [9.17, 15) is 10.2 Å². The molecule has 0 spiro atoms. The second kappa shape index (κ2) is 4.99. The van der Waals surface area contributed by atoms with Gasteiger partial charge in [-0.25, -0.2) is 0 Å². The van der Waals surface area contributed by atoms with Crippen molar-refractivity contribution in [2.24, 2.45) is 23.2 Å². The number of rotatable bonds is 1. The van der Waals surface area contributed by atoms with Gasteiger partial charge >= 0.3 is 0 Å². The van der Waals surface area contributed by atoms with Crippen molar-refractivity contribution in [2.75, 3.05) is 0 Å². The minimum atomic E-state index is -0.103. The van der Waals surface area contributed by atoms with Gasteiger partial charge in [-0.15, -0.1) is 0 Å². The minimum Gasteiger partial charge on any atom is -0.508 e. The summed E-state index contributed by atoms with van der Waals surface area (Å²) >= 11 is 0. The number of hydrogen-bond donors (Lipinski definition) is 2. The highest BCUT2D eigenvalue weighted by Crippen LogP contribution is 2.63. The third-order valence-electron chi connectivity index (χ3n) is 7.30. The first kappa shape index (κ1) is 14.6. The molecule has 1 aromatic rings. The molecule has 2 fully saturated rings. The molecule has 0 unspecified atom stereocenters. The lowest BCUT2D eigenvalue weighted by atomic mass is 9.51. The molecule has 2 saturated carbocycles. The third kappa shape index (κ3) is 1.89. The normalized spacial score (nSPS) is 43.3. The lowest BCUT2D eigenvalue weighted by Gasteiger charge is -2.53. The molecule has 2 nitrogen and oxygen atoms in total. The average molecular weight is 300 g/mol. The zero-order chi connectivity index (χ0) is 15.5. The Balaban J connectivity index is 1.78. The van der Waals surface area contributed by atoms with E-state index in [2.05, 4.69) is 19.9 Å². The van der Waals surface area contributed by atoms with Crippen molar-refractivity contribution in [1.82, 2.24) is 0 Å². The Kier molecular flexibility index (Phi) is 3.30. The summed E-state index contributed by atoms with van der Waals surface area (Å²) in [6, 6.07) is 6.03. The van der Waals surface area contributed by atoms with E-state index in [1.807, 2.05) is 12.1 Å². The van der Waals surface area contributed by atoms with Gasteiger partial charge in [-0.3, -0.25) is 0 Å². The Morgan fingerprint density at radius 3 is 2.82 bits per heavy atom. The maximum atomic E-state index is 10.6. The molecule has 3 aliphatic rings. The zero-order valence-electron chi connectivity index (χ0n) is 13.8. The monoisotopic (exact) mass is 300 g/mol. The summed E-state index contributed by atoms with van der Waals surface area (Å²) in [6.45, 7) is 4.65. The third-order valence-corrected chi connectivity index (χ3v) is 7.30. The van der Waals surface area contributed by atoms with E-state index in [0.717, 1.165) is 25.2 Å². The molecule has 6 atom stereocenters. The first-order chi connectivity index (χ1) is 10.5. The summed E-state index contributed by atoms with van der Waals surface area (Å²) < 4.78 is 0. The van der Waals surface area contributed by atoms with Gasteiger partial charge in [0.15, 0.2) is 0 Å². The summed E-state index contributed by atoms with van der Waals surface area (Å²) in [7, 11) is 0. The van der Waals surface area contributed by atoms with Crippen LogP contribution in [0.1, 0.15) is 63.0 Å². The van der Waals surface area contributed by atoms with Crippen LogP contribution in [0.3, 0.4) is 0 Å². The number of aliphatic hydroxyl groups excluding tert-OH is 1. The van der Waals surface area contributed by atoms with Gasteiger partial charge < -0.3 is 10.2 Å². The molecule has 0 bridgehead atoms.